The Morgan fingerprint density at radius 2 is 2.00 bits per heavy atom. The van der Waals surface area contributed by atoms with E-state index in [4.69, 9.17) is 17.0 Å². The maximum atomic E-state index is 11.9. The molecule has 0 saturated carbocycles. The van der Waals surface area contributed by atoms with Crippen molar-refractivity contribution in [3.8, 4) is 0 Å². The number of carbonyl (C=O) groups is 1. The smallest absolute Gasteiger partial charge is 0.310 e. The first-order valence-corrected chi connectivity index (χ1v) is 9.05. The summed E-state index contributed by atoms with van der Waals surface area (Å²) in [6.45, 7) is 10.4. The van der Waals surface area contributed by atoms with E-state index < -0.39 is 0 Å². The fraction of sp³-hybridized carbons (Fsp3) is 0.579. The van der Waals surface area contributed by atoms with Crippen LogP contribution in [0.1, 0.15) is 46.1 Å². The molecule has 1 atom stereocenters. The molecule has 0 bridgehead atoms. The van der Waals surface area contributed by atoms with Gasteiger partial charge in [-0.2, -0.15) is 0 Å². The number of piperidine rings is 1. The number of ether oxygens (including phenoxy) is 1. The Morgan fingerprint density at radius 1 is 1.33 bits per heavy atom. The number of hydrogen-bond acceptors (Lipinski definition) is 3. The van der Waals surface area contributed by atoms with Gasteiger partial charge in [-0.25, -0.2) is 0 Å². The molecule has 1 saturated heterocycles. The highest BCUT2D eigenvalue weighted by Gasteiger charge is 2.28. The van der Waals surface area contributed by atoms with Crippen molar-refractivity contribution in [1.29, 1.82) is 0 Å². The number of anilines is 1. The Bertz CT molecular complexity index is 578. The van der Waals surface area contributed by atoms with Gasteiger partial charge in [-0.3, -0.25) is 4.79 Å². The van der Waals surface area contributed by atoms with Gasteiger partial charge < -0.3 is 15.0 Å². The molecule has 24 heavy (non-hydrogen) atoms. The first-order valence-electron chi connectivity index (χ1n) is 8.64. The fourth-order valence-electron chi connectivity index (χ4n) is 2.87. The molecule has 0 amide bonds. The van der Waals surface area contributed by atoms with E-state index in [1.807, 2.05) is 6.92 Å². The van der Waals surface area contributed by atoms with E-state index in [1.165, 1.54) is 5.56 Å². The second kappa shape index (κ2) is 7.97. The Morgan fingerprint density at radius 3 is 2.58 bits per heavy atom. The molecule has 1 fully saturated rings. The molecule has 132 valence electrons. The van der Waals surface area contributed by atoms with Crippen molar-refractivity contribution < 1.29 is 9.53 Å². The van der Waals surface area contributed by atoms with Crippen LogP contribution in [0.4, 0.5) is 5.69 Å². The summed E-state index contributed by atoms with van der Waals surface area (Å²) in [5.74, 6) is -0.193. The predicted molar refractivity (Wildman–Crippen MR) is 102 cm³/mol. The highest BCUT2D eigenvalue weighted by atomic mass is 32.1. The third-order valence-electron chi connectivity index (χ3n) is 4.33. The van der Waals surface area contributed by atoms with Crippen LogP contribution in [0.5, 0.6) is 0 Å². The third-order valence-corrected chi connectivity index (χ3v) is 4.69. The van der Waals surface area contributed by atoms with Crippen molar-refractivity contribution in [2.24, 2.45) is 5.92 Å². The van der Waals surface area contributed by atoms with E-state index in [0.29, 0.717) is 18.3 Å². The molecule has 0 aromatic heterocycles. The second-order valence-electron chi connectivity index (χ2n) is 7.29. The van der Waals surface area contributed by atoms with Crippen LogP contribution < -0.4 is 5.32 Å². The number of benzene rings is 1. The standard InChI is InChI=1S/C19H28N2O2S/c1-5-23-17(22)14-7-6-12-21(13-14)18(24)20-16-10-8-15(9-11-16)19(2,3)4/h8-11,14H,5-7,12-13H2,1-4H3,(H,20,24). The number of nitrogens with one attached hydrogen (secondary N) is 1. The second-order valence-corrected chi connectivity index (χ2v) is 7.68. The van der Waals surface area contributed by atoms with Crippen molar-refractivity contribution in [3.05, 3.63) is 29.8 Å². The van der Waals surface area contributed by atoms with Gasteiger partial charge in [0.1, 0.15) is 0 Å². The van der Waals surface area contributed by atoms with Gasteiger partial charge in [0.05, 0.1) is 12.5 Å². The van der Waals surface area contributed by atoms with Crippen LogP contribution in [0.25, 0.3) is 0 Å². The number of rotatable bonds is 3. The summed E-state index contributed by atoms with van der Waals surface area (Å²) in [6, 6.07) is 8.37. The summed E-state index contributed by atoms with van der Waals surface area (Å²) in [6.07, 6.45) is 1.83. The van der Waals surface area contributed by atoms with Gasteiger partial charge in [0.2, 0.25) is 0 Å². The monoisotopic (exact) mass is 348 g/mol. The number of carbonyl (C=O) groups excluding carboxylic acids is 1. The van der Waals surface area contributed by atoms with Gasteiger partial charge in [-0.15, -0.1) is 0 Å². The van der Waals surface area contributed by atoms with Crippen LogP contribution in [0.3, 0.4) is 0 Å². The minimum Gasteiger partial charge on any atom is -0.466 e. The first kappa shape index (κ1) is 18.7. The molecule has 0 aliphatic carbocycles. The number of likely N-dealkylation sites (tertiary alicyclic amines) is 1. The molecule has 1 aliphatic heterocycles. The SMILES string of the molecule is CCOC(=O)C1CCCN(C(=S)Nc2ccc(C(C)(C)C)cc2)C1. The Balaban J connectivity index is 1.95. The lowest BCUT2D eigenvalue weighted by molar-refractivity contribution is -0.149. The molecule has 1 aromatic rings. The van der Waals surface area contributed by atoms with Crippen LogP contribution in [0.2, 0.25) is 0 Å². The molecule has 1 aromatic carbocycles. The molecule has 0 spiro atoms. The average Bonchev–Trinajstić information content (AvgIpc) is 2.55. The summed E-state index contributed by atoms with van der Waals surface area (Å²) in [7, 11) is 0. The zero-order valence-corrected chi connectivity index (χ0v) is 15.9. The zero-order valence-electron chi connectivity index (χ0n) is 15.1. The lowest BCUT2D eigenvalue weighted by atomic mass is 9.87. The van der Waals surface area contributed by atoms with Gasteiger partial charge in [-0.1, -0.05) is 32.9 Å². The van der Waals surface area contributed by atoms with Gasteiger partial charge in [0, 0.05) is 18.8 Å². The number of nitrogens with zero attached hydrogens (tertiary/aromatic N) is 1. The quantitative estimate of drug-likeness (QED) is 0.661. The van der Waals surface area contributed by atoms with Gasteiger partial charge in [-0.05, 0) is 55.1 Å². The first-order chi connectivity index (χ1) is 11.3. The van der Waals surface area contributed by atoms with Crippen molar-refractivity contribution in [1.82, 2.24) is 4.90 Å². The van der Waals surface area contributed by atoms with Crippen molar-refractivity contribution in [2.75, 3.05) is 25.0 Å². The van der Waals surface area contributed by atoms with Gasteiger partial charge in [0.25, 0.3) is 0 Å². The summed E-state index contributed by atoms with van der Waals surface area (Å²) in [5, 5.41) is 3.96. The third kappa shape index (κ3) is 4.94. The van der Waals surface area contributed by atoms with Crippen molar-refractivity contribution in [2.45, 2.75) is 46.0 Å². The molecule has 5 heteroatoms. The maximum absolute atomic E-state index is 11.9. The summed E-state index contributed by atoms with van der Waals surface area (Å²) >= 11 is 5.53. The zero-order chi connectivity index (χ0) is 17.7. The molecule has 4 nitrogen and oxygen atoms in total. The van der Waals surface area contributed by atoms with E-state index in [0.717, 1.165) is 25.1 Å². The molecule has 1 aliphatic rings. The van der Waals surface area contributed by atoms with Crippen LogP contribution >= 0.6 is 12.2 Å². The largest absolute Gasteiger partial charge is 0.466 e. The average molecular weight is 349 g/mol. The highest BCUT2D eigenvalue weighted by Crippen LogP contribution is 2.24. The summed E-state index contributed by atoms with van der Waals surface area (Å²) in [5.41, 5.74) is 2.41. The molecule has 0 radical (unpaired) electrons. The summed E-state index contributed by atoms with van der Waals surface area (Å²) < 4.78 is 5.14. The van der Waals surface area contributed by atoms with E-state index in [2.05, 4.69) is 55.3 Å². The van der Waals surface area contributed by atoms with Crippen LogP contribution in [0.15, 0.2) is 24.3 Å². The van der Waals surface area contributed by atoms with Crippen LogP contribution in [-0.4, -0.2) is 35.7 Å². The molecule has 1 heterocycles. The van der Waals surface area contributed by atoms with Crippen molar-refractivity contribution in [3.63, 3.8) is 0 Å². The minimum atomic E-state index is -0.112. The number of thiocarbonyl (C=S) groups is 1. The van der Waals surface area contributed by atoms with Gasteiger partial charge >= 0.3 is 5.97 Å². The molecule has 1 N–H and O–H groups in total. The van der Waals surface area contributed by atoms with E-state index in [-0.39, 0.29) is 17.3 Å². The van der Waals surface area contributed by atoms with E-state index in [9.17, 15) is 4.79 Å². The lowest BCUT2D eigenvalue weighted by Crippen LogP contribution is -2.44. The van der Waals surface area contributed by atoms with E-state index >= 15 is 0 Å². The van der Waals surface area contributed by atoms with Crippen LogP contribution in [-0.2, 0) is 14.9 Å². The van der Waals surface area contributed by atoms with Crippen molar-refractivity contribution >= 4 is 29.0 Å². The van der Waals surface area contributed by atoms with Crippen LogP contribution in [0, 0.1) is 5.92 Å². The molecule has 2 rings (SSSR count). The predicted octanol–water partition coefficient (Wildman–Crippen LogP) is 3.96. The maximum Gasteiger partial charge on any atom is 0.310 e. The Hall–Kier alpha value is -1.62. The van der Waals surface area contributed by atoms with E-state index in [1.54, 1.807) is 0 Å². The normalized spacial score (nSPS) is 18.2. The molecular weight excluding hydrogens is 320 g/mol. The summed E-state index contributed by atoms with van der Waals surface area (Å²) in [4.78, 5) is 14.0. The minimum absolute atomic E-state index is 0.0817. The Labute approximate surface area is 150 Å². The molecule has 1 unspecified atom stereocenters. The highest BCUT2D eigenvalue weighted by molar-refractivity contribution is 7.80. The number of hydrogen-bond donors (Lipinski definition) is 1. The fourth-order valence-corrected chi connectivity index (χ4v) is 3.15. The number of esters is 1. The van der Waals surface area contributed by atoms with Gasteiger partial charge in [0.15, 0.2) is 5.11 Å². The Kier molecular flexibility index (Phi) is 6.21. The lowest BCUT2D eigenvalue weighted by Gasteiger charge is -2.33. The molecular formula is C19H28N2O2S. The topological polar surface area (TPSA) is 41.6 Å².